The fourth-order valence-corrected chi connectivity index (χ4v) is 4.14. The maximum absolute atomic E-state index is 13.8. The zero-order valence-corrected chi connectivity index (χ0v) is 16.7. The van der Waals surface area contributed by atoms with Gasteiger partial charge in [0.15, 0.2) is 0 Å². The number of carbonyl (C=O) groups is 2. The third kappa shape index (κ3) is 3.42. The van der Waals surface area contributed by atoms with Crippen molar-refractivity contribution in [3.8, 4) is 11.4 Å². The van der Waals surface area contributed by atoms with E-state index in [9.17, 15) is 9.59 Å². The van der Waals surface area contributed by atoms with Gasteiger partial charge >= 0.3 is 0 Å². The van der Waals surface area contributed by atoms with E-state index in [1.807, 2.05) is 66.7 Å². The van der Waals surface area contributed by atoms with Gasteiger partial charge in [-0.3, -0.25) is 14.6 Å². The first-order chi connectivity index (χ1) is 15.1. The van der Waals surface area contributed by atoms with E-state index in [0.29, 0.717) is 35.4 Å². The van der Waals surface area contributed by atoms with Gasteiger partial charge in [0, 0.05) is 24.5 Å². The number of nitrogens with two attached hydrogens (primary N) is 1. The van der Waals surface area contributed by atoms with E-state index < -0.39 is 11.9 Å². The van der Waals surface area contributed by atoms with Crippen LogP contribution in [0.5, 0.6) is 0 Å². The van der Waals surface area contributed by atoms with Gasteiger partial charge in [0.25, 0.3) is 5.91 Å². The average Bonchev–Trinajstić information content (AvgIpc) is 2.82. The average molecular weight is 408 g/mol. The number of pyridine rings is 2. The molecule has 0 saturated carbocycles. The number of benzene rings is 2. The summed E-state index contributed by atoms with van der Waals surface area (Å²) in [5, 5.41) is 0.731. The number of aromatic nitrogens is 2. The molecular weight excluding hydrogens is 388 g/mol. The first-order valence-corrected chi connectivity index (χ1v) is 10.1. The number of hydrogen-bond donors (Lipinski definition) is 1. The molecule has 4 aromatic rings. The summed E-state index contributed by atoms with van der Waals surface area (Å²) in [5.41, 5.74) is 10.2. The Morgan fingerprint density at radius 2 is 1.65 bits per heavy atom. The fourth-order valence-electron chi connectivity index (χ4n) is 4.14. The zero-order chi connectivity index (χ0) is 21.4. The van der Waals surface area contributed by atoms with Crippen molar-refractivity contribution in [2.45, 2.75) is 19.0 Å². The van der Waals surface area contributed by atoms with E-state index in [2.05, 4.69) is 4.98 Å². The smallest absolute Gasteiger partial charge is 0.255 e. The number of carbonyl (C=O) groups excluding carboxylic acids is 2. The Balaban J connectivity index is 1.64. The summed E-state index contributed by atoms with van der Waals surface area (Å²) in [7, 11) is 0. The lowest BCUT2D eigenvalue weighted by atomic mass is 9.92. The molecule has 2 aromatic carbocycles. The van der Waals surface area contributed by atoms with E-state index >= 15 is 0 Å². The Morgan fingerprint density at radius 1 is 0.903 bits per heavy atom. The summed E-state index contributed by atoms with van der Waals surface area (Å²) in [6, 6.07) is 22.0. The fraction of sp³-hybridized carbons (Fsp3) is 0.120. The molecule has 6 heteroatoms. The van der Waals surface area contributed by atoms with Crippen LogP contribution in [0, 0.1) is 0 Å². The van der Waals surface area contributed by atoms with Crippen molar-refractivity contribution in [2.75, 3.05) is 0 Å². The topological polar surface area (TPSA) is 89.2 Å². The molecule has 0 spiro atoms. The molecule has 152 valence electrons. The predicted molar refractivity (Wildman–Crippen MR) is 118 cm³/mol. The van der Waals surface area contributed by atoms with Crippen LogP contribution in [0.3, 0.4) is 0 Å². The van der Waals surface area contributed by atoms with Crippen molar-refractivity contribution in [2.24, 2.45) is 5.73 Å². The van der Waals surface area contributed by atoms with Gasteiger partial charge in [-0.05, 0) is 35.4 Å². The van der Waals surface area contributed by atoms with Crippen LogP contribution in [-0.4, -0.2) is 32.7 Å². The van der Waals surface area contributed by atoms with Crippen LogP contribution in [0.2, 0.25) is 0 Å². The highest BCUT2D eigenvalue weighted by atomic mass is 16.2. The molecule has 2 amide bonds. The van der Waals surface area contributed by atoms with Gasteiger partial charge in [0.1, 0.15) is 6.04 Å². The first kappa shape index (κ1) is 18.9. The molecule has 3 heterocycles. The van der Waals surface area contributed by atoms with Crippen molar-refractivity contribution in [3.05, 3.63) is 95.7 Å². The Morgan fingerprint density at radius 3 is 2.42 bits per heavy atom. The largest absolute Gasteiger partial charge is 0.368 e. The molecule has 1 aliphatic rings. The Labute approximate surface area is 179 Å². The van der Waals surface area contributed by atoms with Crippen molar-refractivity contribution in [3.63, 3.8) is 0 Å². The number of nitrogens with zero attached hydrogens (tertiary/aromatic N) is 3. The summed E-state index contributed by atoms with van der Waals surface area (Å²) >= 11 is 0. The number of rotatable bonds is 3. The van der Waals surface area contributed by atoms with Crippen LogP contribution in [0.15, 0.2) is 79.0 Å². The van der Waals surface area contributed by atoms with Crippen LogP contribution in [0.25, 0.3) is 22.3 Å². The molecule has 0 fully saturated rings. The van der Waals surface area contributed by atoms with E-state index in [1.165, 1.54) is 0 Å². The Kier molecular flexibility index (Phi) is 4.67. The molecule has 5 rings (SSSR count). The lowest BCUT2D eigenvalue weighted by Gasteiger charge is -2.35. The molecule has 1 unspecified atom stereocenters. The minimum Gasteiger partial charge on any atom is -0.368 e. The van der Waals surface area contributed by atoms with Crippen LogP contribution in [0.4, 0.5) is 0 Å². The van der Waals surface area contributed by atoms with Gasteiger partial charge in [-0.1, -0.05) is 48.5 Å². The van der Waals surface area contributed by atoms with E-state index in [4.69, 9.17) is 10.7 Å². The van der Waals surface area contributed by atoms with Crippen LogP contribution in [0.1, 0.15) is 21.5 Å². The summed E-state index contributed by atoms with van der Waals surface area (Å²) in [6.07, 6.45) is 2.10. The third-order valence-corrected chi connectivity index (χ3v) is 5.71. The molecule has 0 radical (unpaired) electrons. The monoisotopic (exact) mass is 408 g/mol. The Bertz CT molecular complexity index is 1300. The molecule has 1 atom stereocenters. The normalized spacial score (nSPS) is 15.5. The SMILES string of the molecule is NC(=O)C1Cc2ccccc2CN1C(=O)c1cc(-c2ccccn2)nc2ccccc12. The first-order valence-electron chi connectivity index (χ1n) is 10.1. The third-order valence-electron chi connectivity index (χ3n) is 5.71. The minimum absolute atomic E-state index is 0.242. The second-order valence-corrected chi connectivity index (χ2v) is 7.61. The van der Waals surface area contributed by atoms with Crippen LogP contribution >= 0.6 is 0 Å². The highest BCUT2D eigenvalue weighted by Crippen LogP contribution is 2.29. The van der Waals surface area contributed by atoms with Gasteiger partial charge in [0.2, 0.25) is 5.91 Å². The number of para-hydroxylation sites is 1. The van der Waals surface area contributed by atoms with Crippen molar-refractivity contribution < 1.29 is 9.59 Å². The van der Waals surface area contributed by atoms with Crippen LogP contribution < -0.4 is 5.73 Å². The quantitative estimate of drug-likeness (QED) is 0.563. The van der Waals surface area contributed by atoms with E-state index in [0.717, 1.165) is 16.5 Å². The zero-order valence-electron chi connectivity index (χ0n) is 16.7. The molecule has 1 aliphatic heterocycles. The number of hydrogen-bond acceptors (Lipinski definition) is 4. The van der Waals surface area contributed by atoms with E-state index in [1.54, 1.807) is 17.2 Å². The van der Waals surface area contributed by atoms with Gasteiger partial charge in [-0.15, -0.1) is 0 Å². The summed E-state index contributed by atoms with van der Waals surface area (Å²) in [5.74, 6) is -0.750. The molecule has 6 nitrogen and oxygen atoms in total. The second-order valence-electron chi connectivity index (χ2n) is 7.61. The molecule has 0 aliphatic carbocycles. The molecule has 0 bridgehead atoms. The van der Waals surface area contributed by atoms with Gasteiger partial charge in [0.05, 0.1) is 22.5 Å². The van der Waals surface area contributed by atoms with Gasteiger partial charge in [-0.2, -0.15) is 0 Å². The molecule has 31 heavy (non-hydrogen) atoms. The summed E-state index contributed by atoms with van der Waals surface area (Å²) < 4.78 is 0. The minimum atomic E-state index is -0.701. The van der Waals surface area contributed by atoms with E-state index in [-0.39, 0.29) is 5.91 Å². The number of amides is 2. The van der Waals surface area contributed by atoms with Crippen molar-refractivity contribution >= 4 is 22.7 Å². The standard InChI is InChI=1S/C25H20N4O2/c26-24(30)23-13-16-7-1-2-8-17(16)15-29(23)25(31)19-14-22(21-11-5-6-12-27-21)28-20-10-4-3-9-18(19)20/h1-12,14,23H,13,15H2,(H2,26,30). The maximum Gasteiger partial charge on any atom is 0.255 e. The Hall–Kier alpha value is -4.06. The second kappa shape index (κ2) is 7.65. The molecular formula is C25H20N4O2. The van der Waals surface area contributed by atoms with Crippen molar-refractivity contribution in [1.82, 2.24) is 14.9 Å². The molecule has 0 saturated heterocycles. The lowest BCUT2D eigenvalue weighted by molar-refractivity contribution is -0.122. The molecule has 2 N–H and O–H groups in total. The number of fused-ring (bicyclic) bond motifs is 2. The highest BCUT2D eigenvalue weighted by Gasteiger charge is 2.34. The summed E-state index contributed by atoms with van der Waals surface area (Å²) in [4.78, 5) is 36.7. The molecule has 2 aromatic heterocycles. The predicted octanol–water partition coefficient (Wildman–Crippen LogP) is 3.35. The van der Waals surface area contributed by atoms with Gasteiger partial charge < -0.3 is 10.6 Å². The van der Waals surface area contributed by atoms with Crippen molar-refractivity contribution in [1.29, 1.82) is 0 Å². The van der Waals surface area contributed by atoms with Crippen LogP contribution in [-0.2, 0) is 17.8 Å². The lowest BCUT2D eigenvalue weighted by Crippen LogP contribution is -2.51. The van der Waals surface area contributed by atoms with Gasteiger partial charge in [-0.25, -0.2) is 4.98 Å². The summed E-state index contributed by atoms with van der Waals surface area (Å²) in [6.45, 7) is 0.332. The number of primary amides is 1. The highest BCUT2D eigenvalue weighted by molar-refractivity contribution is 6.08. The maximum atomic E-state index is 13.8.